The van der Waals surface area contributed by atoms with E-state index in [1.54, 1.807) is 0 Å². The van der Waals surface area contributed by atoms with Crippen LogP contribution in [0.25, 0.3) is 0 Å². The van der Waals surface area contributed by atoms with Gasteiger partial charge < -0.3 is 15.3 Å². The lowest BCUT2D eigenvalue weighted by Gasteiger charge is -2.36. The number of likely N-dealkylation sites (tertiary alicyclic amines) is 1. The summed E-state index contributed by atoms with van der Waals surface area (Å²) in [4.78, 5) is 24.6. The molecule has 5 heteroatoms. The quantitative estimate of drug-likeness (QED) is 0.788. The maximum atomic E-state index is 12.2. The van der Waals surface area contributed by atoms with E-state index in [1.165, 1.54) is 0 Å². The molecule has 0 aromatic carbocycles. The van der Waals surface area contributed by atoms with Gasteiger partial charge >= 0.3 is 12.0 Å². The lowest BCUT2D eigenvalue weighted by Crippen LogP contribution is -2.52. The Kier molecular flexibility index (Phi) is 6.30. The van der Waals surface area contributed by atoms with E-state index in [2.05, 4.69) is 26.1 Å². The molecule has 0 saturated carbocycles. The molecule has 1 heterocycles. The second-order valence-corrected chi connectivity index (χ2v) is 6.06. The second-order valence-electron chi connectivity index (χ2n) is 6.06. The van der Waals surface area contributed by atoms with E-state index in [1.807, 2.05) is 4.90 Å². The van der Waals surface area contributed by atoms with Gasteiger partial charge in [-0.15, -0.1) is 0 Å². The van der Waals surface area contributed by atoms with Gasteiger partial charge in [0.25, 0.3) is 0 Å². The van der Waals surface area contributed by atoms with Crippen molar-refractivity contribution in [2.75, 3.05) is 13.1 Å². The van der Waals surface area contributed by atoms with Crippen LogP contribution < -0.4 is 5.32 Å². The number of piperidine rings is 1. The first-order valence-electron chi connectivity index (χ1n) is 7.69. The van der Waals surface area contributed by atoms with Crippen LogP contribution in [0.3, 0.4) is 0 Å². The van der Waals surface area contributed by atoms with Crippen molar-refractivity contribution in [2.24, 2.45) is 5.92 Å². The molecule has 1 aliphatic heterocycles. The maximum absolute atomic E-state index is 12.2. The molecule has 20 heavy (non-hydrogen) atoms. The molecule has 0 radical (unpaired) electrons. The molecule has 1 aliphatic rings. The Morgan fingerprint density at radius 1 is 1.25 bits per heavy atom. The molecule has 2 N–H and O–H groups in total. The van der Waals surface area contributed by atoms with Crippen LogP contribution in [-0.4, -0.2) is 40.6 Å². The zero-order valence-corrected chi connectivity index (χ0v) is 12.9. The standard InChI is InChI=1S/C15H28N2O3/c1-4-15(3,5-2)16-14(20)17-10-8-12(9-11-17)6-7-13(18)19/h12H,4-11H2,1-3H3,(H,16,20)(H,18,19). The van der Waals surface area contributed by atoms with Gasteiger partial charge in [0, 0.05) is 25.0 Å². The van der Waals surface area contributed by atoms with Crippen molar-refractivity contribution in [3.8, 4) is 0 Å². The van der Waals surface area contributed by atoms with Crippen molar-refractivity contribution in [2.45, 2.75) is 64.8 Å². The Morgan fingerprint density at radius 3 is 2.25 bits per heavy atom. The summed E-state index contributed by atoms with van der Waals surface area (Å²) >= 11 is 0. The van der Waals surface area contributed by atoms with Gasteiger partial charge in [-0.05, 0) is 44.9 Å². The first kappa shape index (κ1) is 16.8. The van der Waals surface area contributed by atoms with E-state index in [4.69, 9.17) is 5.11 Å². The number of hydrogen-bond acceptors (Lipinski definition) is 2. The minimum Gasteiger partial charge on any atom is -0.481 e. The number of amides is 2. The molecule has 1 fully saturated rings. The van der Waals surface area contributed by atoms with Gasteiger partial charge in [-0.3, -0.25) is 4.79 Å². The van der Waals surface area contributed by atoms with Gasteiger partial charge in [0.2, 0.25) is 0 Å². The fourth-order valence-electron chi connectivity index (χ4n) is 2.52. The summed E-state index contributed by atoms with van der Waals surface area (Å²) in [7, 11) is 0. The smallest absolute Gasteiger partial charge is 0.317 e. The highest BCUT2D eigenvalue weighted by Gasteiger charge is 2.27. The van der Waals surface area contributed by atoms with E-state index in [-0.39, 0.29) is 18.0 Å². The molecule has 0 aliphatic carbocycles. The molecule has 0 aromatic heterocycles. The van der Waals surface area contributed by atoms with Crippen LogP contribution in [0.5, 0.6) is 0 Å². The number of carbonyl (C=O) groups is 2. The highest BCUT2D eigenvalue weighted by molar-refractivity contribution is 5.75. The third-order valence-electron chi connectivity index (χ3n) is 4.64. The van der Waals surface area contributed by atoms with Crippen LogP contribution in [-0.2, 0) is 4.79 Å². The number of carbonyl (C=O) groups excluding carboxylic acids is 1. The van der Waals surface area contributed by atoms with Crippen LogP contribution in [0, 0.1) is 5.92 Å². The Bertz CT molecular complexity index is 332. The van der Waals surface area contributed by atoms with Crippen molar-refractivity contribution in [3.63, 3.8) is 0 Å². The monoisotopic (exact) mass is 284 g/mol. The Hall–Kier alpha value is -1.26. The molecule has 5 nitrogen and oxygen atoms in total. The number of rotatable bonds is 6. The van der Waals surface area contributed by atoms with E-state index in [0.717, 1.165) is 45.2 Å². The van der Waals surface area contributed by atoms with Crippen molar-refractivity contribution in [1.82, 2.24) is 10.2 Å². The normalized spacial score (nSPS) is 17.1. The second kappa shape index (κ2) is 7.50. The maximum Gasteiger partial charge on any atom is 0.317 e. The number of nitrogens with one attached hydrogen (secondary N) is 1. The summed E-state index contributed by atoms with van der Waals surface area (Å²) in [6.07, 6.45) is 4.63. The zero-order valence-electron chi connectivity index (χ0n) is 12.9. The summed E-state index contributed by atoms with van der Waals surface area (Å²) in [5, 5.41) is 11.8. The molecule has 0 spiro atoms. The predicted octanol–water partition coefficient (Wildman–Crippen LogP) is 2.85. The van der Waals surface area contributed by atoms with Gasteiger partial charge in [-0.1, -0.05) is 13.8 Å². The first-order valence-corrected chi connectivity index (χ1v) is 7.69. The van der Waals surface area contributed by atoms with Crippen LogP contribution in [0.15, 0.2) is 0 Å². The van der Waals surface area contributed by atoms with E-state index in [0.29, 0.717) is 5.92 Å². The molecule has 1 rings (SSSR count). The predicted molar refractivity (Wildman–Crippen MR) is 78.7 cm³/mol. The van der Waals surface area contributed by atoms with E-state index in [9.17, 15) is 9.59 Å². The van der Waals surface area contributed by atoms with Crippen LogP contribution in [0.4, 0.5) is 4.79 Å². The summed E-state index contributed by atoms with van der Waals surface area (Å²) in [6.45, 7) is 7.72. The third kappa shape index (κ3) is 5.02. The number of hydrogen-bond donors (Lipinski definition) is 2. The van der Waals surface area contributed by atoms with Gasteiger partial charge in [-0.2, -0.15) is 0 Å². The molecule has 0 aromatic rings. The van der Waals surface area contributed by atoms with Gasteiger partial charge in [-0.25, -0.2) is 4.79 Å². The summed E-state index contributed by atoms with van der Waals surface area (Å²) < 4.78 is 0. The number of nitrogens with zero attached hydrogens (tertiary/aromatic N) is 1. The number of carboxylic acids is 1. The Morgan fingerprint density at radius 2 is 1.80 bits per heavy atom. The fraction of sp³-hybridized carbons (Fsp3) is 0.867. The van der Waals surface area contributed by atoms with Crippen molar-refractivity contribution >= 4 is 12.0 Å². The van der Waals surface area contributed by atoms with Crippen LogP contribution >= 0.6 is 0 Å². The van der Waals surface area contributed by atoms with Crippen molar-refractivity contribution in [1.29, 1.82) is 0 Å². The molecular weight excluding hydrogens is 256 g/mol. The van der Waals surface area contributed by atoms with E-state index >= 15 is 0 Å². The fourth-order valence-corrected chi connectivity index (χ4v) is 2.52. The van der Waals surface area contributed by atoms with Crippen molar-refractivity contribution < 1.29 is 14.7 Å². The number of aliphatic carboxylic acids is 1. The van der Waals surface area contributed by atoms with Gasteiger partial charge in [0.1, 0.15) is 0 Å². The molecule has 0 unspecified atom stereocenters. The first-order chi connectivity index (χ1) is 9.40. The Balaban J connectivity index is 2.37. The lowest BCUT2D eigenvalue weighted by atomic mass is 9.92. The lowest BCUT2D eigenvalue weighted by molar-refractivity contribution is -0.137. The van der Waals surface area contributed by atoms with Crippen LogP contribution in [0.1, 0.15) is 59.3 Å². The topological polar surface area (TPSA) is 69.6 Å². The molecule has 116 valence electrons. The number of urea groups is 1. The Labute approximate surface area is 121 Å². The summed E-state index contributed by atoms with van der Waals surface area (Å²) in [5.74, 6) is -0.286. The average Bonchev–Trinajstić information content (AvgIpc) is 2.45. The SMILES string of the molecule is CCC(C)(CC)NC(=O)N1CCC(CCC(=O)O)CC1. The average molecular weight is 284 g/mol. The van der Waals surface area contributed by atoms with Gasteiger partial charge in [0.15, 0.2) is 0 Å². The molecule has 2 amide bonds. The van der Waals surface area contributed by atoms with Crippen molar-refractivity contribution in [3.05, 3.63) is 0 Å². The van der Waals surface area contributed by atoms with Crippen LogP contribution in [0.2, 0.25) is 0 Å². The minimum atomic E-state index is -0.730. The van der Waals surface area contributed by atoms with Gasteiger partial charge in [0.05, 0.1) is 0 Å². The number of carboxylic acid groups (broad SMARTS) is 1. The molecular formula is C15H28N2O3. The zero-order chi connectivity index (χ0) is 15.2. The molecule has 1 saturated heterocycles. The molecule has 0 atom stereocenters. The minimum absolute atomic E-state index is 0.0212. The van der Waals surface area contributed by atoms with E-state index < -0.39 is 5.97 Å². The largest absolute Gasteiger partial charge is 0.481 e. The highest BCUT2D eigenvalue weighted by Crippen LogP contribution is 2.22. The summed E-state index contributed by atoms with van der Waals surface area (Å²) in [6, 6.07) is 0.0212. The summed E-state index contributed by atoms with van der Waals surface area (Å²) in [5.41, 5.74) is -0.128. The highest BCUT2D eigenvalue weighted by atomic mass is 16.4. The third-order valence-corrected chi connectivity index (χ3v) is 4.64. The molecule has 0 bridgehead atoms.